The lowest BCUT2D eigenvalue weighted by Crippen LogP contribution is -2.18. The van der Waals surface area contributed by atoms with Gasteiger partial charge >= 0.3 is 0 Å². The largest absolute Gasteiger partial charge is 0.497 e. The number of nitrogens with zero attached hydrogens (tertiary/aromatic N) is 2. The van der Waals surface area contributed by atoms with Crippen LogP contribution < -0.4 is 15.8 Å². The van der Waals surface area contributed by atoms with Gasteiger partial charge in [0.1, 0.15) is 17.4 Å². The molecule has 0 saturated heterocycles. The first-order valence-corrected chi connectivity index (χ1v) is 9.85. The number of benzene rings is 2. The van der Waals surface area contributed by atoms with Crippen molar-refractivity contribution in [2.45, 2.75) is 13.8 Å². The Hall–Kier alpha value is -3.78. The zero-order valence-electron chi connectivity index (χ0n) is 17.4. The number of aliphatic imine (C=N–C) groups is 1. The summed E-state index contributed by atoms with van der Waals surface area (Å²) in [5, 5.41) is 3.05. The number of rotatable bonds is 7. The minimum atomic E-state index is -0.765. The van der Waals surface area contributed by atoms with E-state index in [2.05, 4.69) is 15.3 Å². The lowest BCUT2D eigenvalue weighted by atomic mass is 10.0. The maximum atomic E-state index is 14.5. The van der Waals surface area contributed by atoms with Crippen molar-refractivity contribution < 1.29 is 18.7 Å². The highest BCUT2D eigenvalue weighted by Crippen LogP contribution is 2.25. The molecule has 3 rings (SSSR count). The molecule has 0 fully saturated rings. The van der Waals surface area contributed by atoms with Gasteiger partial charge in [0.2, 0.25) is 0 Å². The first kappa shape index (κ1) is 25.5. The van der Waals surface area contributed by atoms with Gasteiger partial charge in [-0.05, 0) is 42.5 Å². The predicted molar refractivity (Wildman–Crippen MR) is 128 cm³/mol. The summed E-state index contributed by atoms with van der Waals surface area (Å²) < 4.78 is 19.7. The molecule has 1 heterocycles. The summed E-state index contributed by atoms with van der Waals surface area (Å²) in [7, 11) is 2.94. The number of amides is 1. The fourth-order valence-electron chi connectivity index (χ4n) is 2.94. The van der Waals surface area contributed by atoms with E-state index >= 15 is 0 Å². The maximum Gasteiger partial charge on any atom is 0.258 e. The van der Waals surface area contributed by atoms with Crippen LogP contribution in [0.3, 0.4) is 0 Å². The number of carbonyl (C=O) groups excluding carboxylic acids is 2. The highest BCUT2D eigenvalue weighted by Gasteiger charge is 2.19. The van der Waals surface area contributed by atoms with Gasteiger partial charge in [0, 0.05) is 30.1 Å². The van der Waals surface area contributed by atoms with E-state index in [1.54, 1.807) is 18.2 Å². The lowest BCUT2D eigenvalue weighted by molar-refractivity contribution is 0.0992. The Morgan fingerprint density at radius 3 is 2.52 bits per heavy atom. The summed E-state index contributed by atoms with van der Waals surface area (Å²) in [6.07, 6.45) is 1.42. The monoisotopic (exact) mass is 470 g/mol. The summed E-state index contributed by atoms with van der Waals surface area (Å²) >= 11 is 5.84. The van der Waals surface area contributed by atoms with Gasteiger partial charge in [-0.1, -0.05) is 25.1 Å². The van der Waals surface area contributed by atoms with Crippen LogP contribution in [0.4, 0.5) is 10.1 Å². The zero-order chi connectivity index (χ0) is 23.3. The first-order valence-electron chi connectivity index (χ1n) is 9.47. The predicted octanol–water partition coefficient (Wildman–Crippen LogP) is 4.53. The van der Waals surface area contributed by atoms with Crippen LogP contribution in [0, 0.1) is 5.82 Å². The van der Waals surface area contributed by atoms with Gasteiger partial charge in [-0.25, -0.2) is 4.39 Å². The second-order valence-corrected chi connectivity index (χ2v) is 7.17. The van der Waals surface area contributed by atoms with Crippen molar-refractivity contribution in [1.29, 1.82) is 0 Å². The Morgan fingerprint density at radius 2 is 1.91 bits per heavy atom. The Labute approximate surface area is 196 Å². The number of halogens is 2. The van der Waals surface area contributed by atoms with Gasteiger partial charge in [-0.3, -0.25) is 19.6 Å². The van der Waals surface area contributed by atoms with Crippen LogP contribution in [0.15, 0.2) is 59.7 Å². The smallest absolute Gasteiger partial charge is 0.258 e. The summed E-state index contributed by atoms with van der Waals surface area (Å²) in [5.74, 6) is -1.21. The van der Waals surface area contributed by atoms with Crippen LogP contribution in [-0.4, -0.2) is 36.7 Å². The molecule has 0 aliphatic heterocycles. The van der Waals surface area contributed by atoms with E-state index in [9.17, 15) is 14.0 Å². The van der Waals surface area contributed by atoms with E-state index in [1.807, 2.05) is 0 Å². The molecule has 0 aliphatic carbocycles. The molecule has 0 aliphatic rings. The fourth-order valence-corrected chi connectivity index (χ4v) is 3.05. The van der Waals surface area contributed by atoms with Crippen molar-refractivity contribution in [3.63, 3.8) is 0 Å². The molecule has 0 radical (unpaired) electrons. The van der Waals surface area contributed by atoms with Crippen LogP contribution >= 0.6 is 11.6 Å². The van der Waals surface area contributed by atoms with Gasteiger partial charge in [-0.2, -0.15) is 0 Å². The molecule has 1 amide bonds. The number of ether oxygens (including phenoxy) is 1. The molecular weight excluding hydrogens is 447 g/mol. The summed E-state index contributed by atoms with van der Waals surface area (Å²) in [4.78, 5) is 33.6. The molecule has 0 spiro atoms. The minimum absolute atomic E-state index is 0. The van der Waals surface area contributed by atoms with E-state index in [-0.39, 0.29) is 42.3 Å². The second kappa shape index (κ2) is 11.2. The van der Waals surface area contributed by atoms with Crippen molar-refractivity contribution in [1.82, 2.24) is 4.98 Å². The van der Waals surface area contributed by atoms with Gasteiger partial charge in [0.15, 0.2) is 5.78 Å². The number of anilines is 1. The van der Waals surface area contributed by atoms with Crippen LogP contribution in [-0.2, 0) is 6.42 Å². The van der Waals surface area contributed by atoms with Crippen molar-refractivity contribution >= 4 is 34.8 Å². The number of hydrogen-bond acceptors (Lipinski definition) is 5. The van der Waals surface area contributed by atoms with E-state index in [1.165, 1.54) is 44.6 Å². The first-order chi connectivity index (χ1) is 15.3. The van der Waals surface area contributed by atoms with Crippen LogP contribution in [0.1, 0.15) is 39.4 Å². The van der Waals surface area contributed by atoms with Gasteiger partial charge in [0.25, 0.3) is 5.91 Å². The fraction of sp³-hybridized carbons (Fsp3) is 0.167. The molecule has 3 aromatic rings. The van der Waals surface area contributed by atoms with E-state index in [0.29, 0.717) is 22.0 Å². The van der Waals surface area contributed by atoms with Gasteiger partial charge in [0.05, 0.1) is 29.8 Å². The number of nitrogens with two attached hydrogens (primary N) is 1. The molecule has 172 valence electrons. The third-order valence-electron chi connectivity index (χ3n) is 4.66. The summed E-state index contributed by atoms with van der Waals surface area (Å²) in [6, 6.07) is 11.8. The summed E-state index contributed by atoms with van der Waals surface area (Å²) in [5.41, 5.74) is 6.77. The quantitative estimate of drug-likeness (QED) is 0.299. The highest BCUT2D eigenvalue weighted by atomic mass is 35.5. The van der Waals surface area contributed by atoms with E-state index < -0.39 is 11.7 Å². The van der Waals surface area contributed by atoms with Crippen molar-refractivity contribution in [2.75, 3.05) is 19.5 Å². The number of Topliss-reactive ketones (excluding diaryl/α,β-unsaturated/α-hetero) is 1. The molecule has 0 atom stereocenters. The standard InChI is InChI=1S/C23H20ClFN4O3.CH4/c1-27-22(26)13-3-7-17(19(25)9-13)23(31)29-20-8-6-16(32-2)11-18(20)21(30)10-15-5-4-14(24)12-28-15;/h3-9,11-12H,10H2,1-2H3,(H2,26,27)(H,29,31);1H4. The molecule has 3 N–H and O–H groups in total. The molecule has 2 aromatic carbocycles. The Balaban J connectivity index is 0.00000385. The topological polar surface area (TPSA) is 107 Å². The number of pyridine rings is 1. The minimum Gasteiger partial charge on any atom is -0.497 e. The third kappa shape index (κ3) is 6.14. The Bertz CT molecular complexity index is 1200. The van der Waals surface area contributed by atoms with Crippen LogP contribution in [0.2, 0.25) is 5.02 Å². The Kier molecular flexibility index (Phi) is 8.64. The normalized spacial score (nSPS) is 10.8. The Morgan fingerprint density at radius 1 is 1.15 bits per heavy atom. The zero-order valence-corrected chi connectivity index (χ0v) is 18.1. The molecule has 7 nitrogen and oxygen atoms in total. The molecule has 0 unspecified atom stereocenters. The SMILES string of the molecule is C.CN=C(N)c1ccc(C(=O)Nc2ccc(OC)cc2C(=O)Cc2ccc(Cl)cn2)c(F)c1. The maximum absolute atomic E-state index is 14.5. The van der Waals surface area contributed by atoms with Crippen molar-refractivity contribution in [2.24, 2.45) is 10.7 Å². The average molecular weight is 471 g/mol. The molecule has 0 saturated carbocycles. The highest BCUT2D eigenvalue weighted by molar-refractivity contribution is 6.30. The van der Waals surface area contributed by atoms with Crippen LogP contribution in [0.25, 0.3) is 0 Å². The molecule has 0 bridgehead atoms. The van der Waals surface area contributed by atoms with Crippen LogP contribution in [0.5, 0.6) is 5.75 Å². The second-order valence-electron chi connectivity index (χ2n) is 6.74. The molecule has 9 heteroatoms. The van der Waals surface area contributed by atoms with Gasteiger partial charge in [-0.15, -0.1) is 0 Å². The number of hydrogen-bond donors (Lipinski definition) is 2. The van der Waals surface area contributed by atoms with E-state index in [4.69, 9.17) is 22.1 Å². The number of aromatic nitrogens is 1. The average Bonchev–Trinajstić information content (AvgIpc) is 2.80. The number of nitrogens with one attached hydrogen (secondary N) is 1. The molecule has 1 aromatic heterocycles. The number of methoxy groups -OCH3 is 1. The van der Waals surface area contributed by atoms with Gasteiger partial charge < -0.3 is 15.8 Å². The third-order valence-corrected chi connectivity index (χ3v) is 4.88. The number of amidine groups is 1. The summed E-state index contributed by atoms with van der Waals surface area (Å²) in [6.45, 7) is 0. The lowest BCUT2D eigenvalue weighted by Gasteiger charge is -2.13. The van der Waals surface area contributed by atoms with E-state index in [0.717, 1.165) is 6.07 Å². The van der Waals surface area contributed by atoms with Crippen molar-refractivity contribution in [3.05, 3.63) is 88.0 Å². The molecule has 33 heavy (non-hydrogen) atoms. The van der Waals surface area contributed by atoms with Crippen molar-refractivity contribution in [3.8, 4) is 5.75 Å². The number of ketones is 1. The number of carbonyl (C=O) groups is 2. The molecular formula is C24H24ClFN4O3.